The summed E-state index contributed by atoms with van der Waals surface area (Å²) in [7, 11) is 0. The zero-order chi connectivity index (χ0) is 13.5. The molecule has 0 aliphatic rings. The van der Waals surface area contributed by atoms with Gasteiger partial charge in [0.05, 0.1) is 11.2 Å². The van der Waals surface area contributed by atoms with Gasteiger partial charge in [-0.15, -0.1) is 11.3 Å². The minimum absolute atomic E-state index is 0.157. The Hall–Kier alpha value is -1.95. The number of carbonyl (C=O) groups is 1. The molecule has 19 heavy (non-hydrogen) atoms. The molecule has 0 atom stereocenters. The van der Waals surface area contributed by atoms with E-state index in [1.165, 1.54) is 0 Å². The maximum absolute atomic E-state index is 11.9. The lowest BCUT2D eigenvalue weighted by atomic mass is 10.3. The Morgan fingerprint density at radius 1 is 1.42 bits per heavy atom. The first-order valence-corrected chi connectivity index (χ1v) is 7.10. The third-order valence-electron chi connectivity index (χ3n) is 2.49. The molecule has 0 aliphatic carbocycles. The first-order valence-electron chi connectivity index (χ1n) is 6.16. The maximum Gasteiger partial charge on any atom is 0.269 e. The van der Waals surface area contributed by atoms with E-state index < -0.39 is 0 Å². The normalized spacial score (nSPS) is 10.2. The van der Waals surface area contributed by atoms with Crippen molar-refractivity contribution in [2.24, 2.45) is 0 Å². The monoisotopic (exact) mass is 276 g/mol. The van der Waals surface area contributed by atoms with Crippen LogP contribution in [-0.2, 0) is 6.42 Å². The summed E-state index contributed by atoms with van der Waals surface area (Å²) in [6, 6.07) is 5.37. The van der Waals surface area contributed by atoms with Gasteiger partial charge in [0.2, 0.25) is 0 Å². The molecule has 1 amide bonds. The van der Waals surface area contributed by atoms with Gasteiger partial charge >= 0.3 is 0 Å². The van der Waals surface area contributed by atoms with Gasteiger partial charge in [0.25, 0.3) is 5.91 Å². The van der Waals surface area contributed by atoms with Crippen LogP contribution in [0.5, 0.6) is 0 Å². The first-order chi connectivity index (χ1) is 9.29. The third-order valence-corrected chi connectivity index (χ3v) is 3.13. The van der Waals surface area contributed by atoms with Gasteiger partial charge in [-0.3, -0.25) is 4.79 Å². The van der Waals surface area contributed by atoms with E-state index in [2.05, 4.69) is 20.6 Å². The number of hydrogen-bond donors (Lipinski definition) is 2. The molecule has 0 radical (unpaired) electrons. The molecule has 0 spiro atoms. The van der Waals surface area contributed by atoms with Crippen molar-refractivity contribution in [1.29, 1.82) is 0 Å². The third kappa shape index (κ3) is 4.03. The molecule has 0 bridgehead atoms. The molecular formula is C13H16N4OS. The van der Waals surface area contributed by atoms with Gasteiger partial charge < -0.3 is 10.6 Å². The van der Waals surface area contributed by atoms with Crippen LogP contribution in [0, 0.1) is 0 Å². The van der Waals surface area contributed by atoms with Crippen molar-refractivity contribution in [2.75, 3.05) is 18.4 Å². The van der Waals surface area contributed by atoms with E-state index in [1.54, 1.807) is 22.9 Å². The Balaban J connectivity index is 1.87. The number of aromatic nitrogens is 2. The van der Waals surface area contributed by atoms with E-state index >= 15 is 0 Å². The highest BCUT2D eigenvalue weighted by Crippen LogP contribution is 2.05. The Kier molecular flexibility index (Phi) is 4.85. The van der Waals surface area contributed by atoms with Gasteiger partial charge in [0.15, 0.2) is 0 Å². The highest BCUT2D eigenvalue weighted by Gasteiger charge is 2.07. The van der Waals surface area contributed by atoms with Crippen LogP contribution in [0.3, 0.4) is 0 Å². The SMILES string of the molecule is CCNc1cccc(C(=O)NCCc2cscn2)n1. The van der Waals surface area contributed by atoms with E-state index in [-0.39, 0.29) is 5.91 Å². The number of amides is 1. The molecule has 2 aromatic rings. The minimum Gasteiger partial charge on any atom is -0.370 e. The second-order valence-corrected chi connectivity index (χ2v) is 4.64. The quantitative estimate of drug-likeness (QED) is 0.846. The molecule has 2 N–H and O–H groups in total. The fraction of sp³-hybridized carbons (Fsp3) is 0.308. The smallest absolute Gasteiger partial charge is 0.269 e. The summed E-state index contributed by atoms with van der Waals surface area (Å²) in [6.07, 6.45) is 0.738. The molecular weight excluding hydrogens is 260 g/mol. The van der Waals surface area contributed by atoms with Gasteiger partial charge in [0.1, 0.15) is 11.5 Å². The van der Waals surface area contributed by atoms with Crippen molar-refractivity contribution in [3.05, 3.63) is 40.5 Å². The van der Waals surface area contributed by atoms with Crippen molar-refractivity contribution >= 4 is 23.1 Å². The highest BCUT2D eigenvalue weighted by molar-refractivity contribution is 7.07. The van der Waals surface area contributed by atoms with Gasteiger partial charge in [-0.2, -0.15) is 0 Å². The second-order valence-electron chi connectivity index (χ2n) is 3.92. The van der Waals surface area contributed by atoms with Gasteiger partial charge in [0, 0.05) is 24.9 Å². The van der Waals surface area contributed by atoms with Crippen molar-refractivity contribution in [1.82, 2.24) is 15.3 Å². The molecule has 5 nitrogen and oxygen atoms in total. The van der Waals surface area contributed by atoms with Crippen molar-refractivity contribution in [2.45, 2.75) is 13.3 Å². The van der Waals surface area contributed by atoms with Gasteiger partial charge in [-0.25, -0.2) is 9.97 Å². The summed E-state index contributed by atoms with van der Waals surface area (Å²) in [5.41, 5.74) is 3.22. The standard InChI is InChI=1S/C13H16N4OS/c1-2-14-12-5-3-4-11(17-12)13(18)15-7-6-10-8-19-9-16-10/h3-5,8-9H,2,6-7H2,1H3,(H,14,17)(H,15,18). The molecule has 2 heterocycles. The van der Waals surface area contributed by atoms with Crippen molar-refractivity contribution in [3.8, 4) is 0 Å². The molecule has 6 heteroatoms. The lowest BCUT2D eigenvalue weighted by Crippen LogP contribution is -2.26. The predicted molar refractivity (Wildman–Crippen MR) is 76.6 cm³/mol. The Bertz CT molecular complexity index is 527. The summed E-state index contributed by atoms with van der Waals surface area (Å²) in [5.74, 6) is 0.560. The summed E-state index contributed by atoms with van der Waals surface area (Å²) in [4.78, 5) is 20.3. The number of rotatable bonds is 6. The number of nitrogens with zero attached hydrogens (tertiary/aromatic N) is 2. The topological polar surface area (TPSA) is 66.9 Å². The van der Waals surface area contributed by atoms with Crippen LogP contribution in [0.1, 0.15) is 23.1 Å². The van der Waals surface area contributed by atoms with Gasteiger partial charge in [-0.05, 0) is 19.1 Å². The van der Waals surface area contributed by atoms with Crippen LogP contribution in [0.15, 0.2) is 29.1 Å². The number of nitrogens with one attached hydrogen (secondary N) is 2. The van der Waals surface area contributed by atoms with Crippen LogP contribution < -0.4 is 10.6 Å². The summed E-state index contributed by atoms with van der Waals surface area (Å²) >= 11 is 1.56. The Labute approximate surface area is 116 Å². The van der Waals surface area contributed by atoms with Crippen LogP contribution >= 0.6 is 11.3 Å². The van der Waals surface area contributed by atoms with E-state index in [0.717, 1.165) is 24.5 Å². The molecule has 0 fully saturated rings. The molecule has 0 aromatic carbocycles. The average Bonchev–Trinajstić information content (AvgIpc) is 2.92. The number of hydrogen-bond acceptors (Lipinski definition) is 5. The number of thiazole rings is 1. The first kappa shape index (κ1) is 13.5. The lowest BCUT2D eigenvalue weighted by molar-refractivity contribution is 0.0949. The summed E-state index contributed by atoms with van der Waals surface area (Å²) < 4.78 is 0. The largest absolute Gasteiger partial charge is 0.370 e. The maximum atomic E-state index is 11.9. The number of anilines is 1. The highest BCUT2D eigenvalue weighted by atomic mass is 32.1. The molecule has 2 aromatic heterocycles. The molecule has 100 valence electrons. The fourth-order valence-corrected chi connectivity index (χ4v) is 2.19. The summed E-state index contributed by atoms with van der Waals surface area (Å²) in [5, 5.41) is 7.91. The summed E-state index contributed by atoms with van der Waals surface area (Å²) in [6.45, 7) is 3.33. The van der Waals surface area contributed by atoms with E-state index in [1.807, 2.05) is 24.4 Å². The van der Waals surface area contributed by atoms with Gasteiger partial charge in [-0.1, -0.05) is 6.07 Å². The fourth-order valence-electron chi connectivity index (χ4n) is 1.60. The zero-order valence-electron chi connectivity index (χ0n) is 10.7. The molecule has 2 rings (SSSR count). The van der Waals surface area contributed by atoms with Crippen LogP contribution in [-0.4, -0.2) is 29.0 Å². The van der Waals surface area contributed by atoms with E-state index in [9.17, 15) is 4.79 Å². The second kappa shape index (κ2) is 6.84. The van der Waals surface area contributed by atoms with Crippen LogP contribution in [0.2, 0.25) is 0 Å². The number of carbonyl (C=O) groups excluding carboxylic acids is 1. The van der Waals surface area contributed by atoms with Crippen molar-refractivity contribution in [3.63, 3.8) is 0 Å². The van der Waals surface area contributed by atoms with Crippen molar-refractivity contribution < 1.29 is 4.79 Å². The Morgan fingerprint density at radius 3 is 3.05 bits per heavy atom. The zero-order valence-corrected chi connectivity index (χ0v) is 11.5. The van der Waals surface area contributed by atoms with E-state index in [4.69, 9.17) is 0 Å². The van der Waals surface area contributed by atoms with Crippen LogP contribution in [0.25, 0.3) is 0 Å². The predicted octanol–water partition coefficient (Wildman–Crippen LogP) is 1.94. The molecule has 0 saturated carbocycles. The lowest BCUT2D eigenvalue weighted by Gasteiger charge is -2.06. The molecule has 0 unspecified atom stereocenters. The number of pyridine rings is 1. The minimum atomic E-state index is -0.157. The van der Waals surface area contributed by atoms with E-state index in [0.29, 0.717) is 12.2 Å². The van der Waals surface area contributed by atoms with Crippen LogP contribution in [0.4, 0.5) is 5.82 Å². The molecule has 0 aliphatic heterocycles. The average molecular weight is 276 g/mol. The Morgan fingerprint density at radius 2 is 2.32 bits per heavy atom. The molecule has 0 saturated heterocycles.